The van der Waals surface area contributed by atoms with Crippen LogP contribution in [0.2, 0.25) is 0 Å². The number of aromatic nitrogens is 2. The summed E-state index contributed by atoms with van der Waals surface area (Å²) in [6.07, 6.45) is 3.14. The number of anilines is 1. The third-order valence-electron chi connectivity index (χ3n) is 2.16. The molecule has 0 unspecified atom stereocenters. The zero-order chi connectivity index (χ0) is 12.3. The van der Waals surface area contributed by atoms with Crippen LogP contribution in [0.5, 0.6) is 0 Å². The molecule has 0 aliphatic heterocycles. The highest BCUT2D eigenvalue weighted by Gasteiger charge is 2.06. The Morgan fingerprint density at radius 1 is 1.18 bits per heavy atom. The molecule has 17 heavy (non-hydrogen) atoms. The Bertz CT molecular complexity index is 522. The molecule has 0 saturated carbocycles. The SMILES string of the molecule is Cc1ccc(C(=O)Nc2ccc(Br)nc2)cn1. The Kier molecular flexibility index (Phi) is 3.49. The van der Waals surface area contributed by atoms with Crippen molar-refractivity contribution in [1.29, 1.82) is 0 Å². The minimum Gasteiger partial charge on any atom is -0.321 e. The van der Waals surface area contributed by atoms with Crippen molar-refractivity contribution in [3.63, 3.8) is 0 Å². The summed E-state index contributed by atoms with van der Waals surface area (Å²) >= 11 is 3.23. The van der Waals surface area contributed by atoms with Crippen LogP contribution < -0.4 is 5.32 Å². The molecule has 2 aromatic rings. The third kappa shape index (κ3) is 3.10. The average molecular weight is 292 g/mol. The number of rotatable bonds is 2. The molecule has 0 saturated heterocycles. The van der Waals surface area contributed by atoms with E-state index in [-0.39, 0.29) is 5.91 Å². The second-order valence-electron chi connectivity index (χ2n) is 3.51. The summed E-state index contributed by atoms with van der Waals surface area (Å²) in [5, 5.41) is 2.74. The first-order valence-electron chi connectivity index (χ1n) is 5.01. The van der Waals surface area contributed by atoms with Gasteiger partial charge in [-0.05, 0) is 47.1 Å². The number of carbonyl (C=O) groups excluding carboxylic acids is 1. The van der Waals surface area contributed by atoms with Crippen molar-refractivity contribution in [3.8, 4) is 0 Å². The van der Waals surface area contributed by atoms with Crippen LogP contribution in [0.4, 0.5) is 5.69 Å². The highest BCUT2D eigenvalue weighted by molar-refractivity contribution is 9.10. The van der Waals surface area contributed by atoms with E-state index in [1.807, 2.05) is 6.92 Å². The summed E-state index contributed by atoms with van der Waals surface area (Å²) < 4.78 is 0.729. The van der Waals surface area contributed by atoms with Crippen molar-refractivity contribution in [2.45, 2.75) is 6.92 Å². The van der Waals surface area contributed by atoms with E-state index in [1.54, 1.807) is 36.7 Å². The van der Waals surface area contributed by atoms with E-state index in [1.165, 1.54) is 0 Å². The van der Waals surface area contributed by atoms with Gasteiger partial charge in [0.15, 0.2) is 0 Å². The summed E-state index contributed by atoms with van der Waals surface area (Å²) in [4.78, 5) is 19.9. The smallest absolute Gasteiger partial charge is 0.257 e. The zero-order valence-electron chi connectivity index (χ0n) is 9.14. The number of aryl methyl sites for hydroxylation is 1. The number of nitrogens with zero attached hydrogens (tertiary/aromatic N) is 2. The number of hydrogen-bond donors (Lipinski definition) is 1. The van der Waals surface area contributed by atoms with Gasteiger partial charge in [0.05, 0.1) is 17.4 Å². The molecule has 0 fully saturated rings. The molecule has 4 nitrogen and oxygen atoms in total. The summed E-state index contributed by atoms with van der Waals surface area (Å²) in [6.45, 7) is 1.88. The average Bonchev–Trinajstić information content (AvgIpc) is 2.33. The monoisotopic (exact) mass is 291 g/mol. The second kappa shape index (κ2) is 5.05. The summed E-state index contributed by atoms with van der Waals surface area (Å²) in [5.74, 6) is -0.193. The van der Waals surface area contributed by atoms with Gasteiger partial charge in [-0.25, -0.2) is 4.98 Å². The van der Waals surface area contributed by atoms with E-state index in [0.717, 1.165) is 10.3 Å². The lowest BCUT2D eigenvalue weighted by Crippen LogP contribution is -2.12. The van der Waals surface area contributed by atoms with E-state index < -0.39 is 0 Å². The van der Waals surface area contributed by atoms with Crippen molar-refractivity contribution >= 4 is 27.5 Å². The van der Waals surface area contributed by atoms with Crippen molar-refractivity contribution in [2.75, 3.05) is 5.32 Å². The fourth-order valence-corrected chi connectivity index (χ4v) is 1.49. The van der Waals surface area contributed by atoms with Gasteiger partial charge in [-0.3, -0.25) is 9.78 Å². The number of amides is 1. The maximum absolute atomic E-state index is 11.8. The number of nitrogens with one attached hydrogen (secondary N) is 1. The molecular weight excluding hydrogens is 282 g/mol. The van der Waals surface area contributed by atoms with Gasteiger partial charge < -0.3 is 5.32 Å². The van der Waals surface area contributed by atoms with E-state index >= 15 is 0 Å². The first-order chi connectivity index (χ1) is 8.15. The quantitative estimate of drug-likeness (QED) is 0.866. The van der Waals surface area contributed by atoms with Crippen LogP contribution in [-0.2, 0) is 0 Å². The Morgan fingerprint density at radius 3 is 2.59 bits per heavy atom. The standard InChI is InChI=1S/C12H10BrN3O/c1-8-2-3-9(6-14-8)12(17)16-10-4-5-11(13)15-7-10/h2-7H,1H3,(H,16,17). The van der Waals surface area contributed by atoms with Gasteiger partial charge in [0.2, 0.25) is 0 Å². The molecule has 1 amide bonds. The Balaban J connectivity index is 2.11. The lowest BCUT2D eigenvalue weighted by molar-refractivity contribution is 0.102. The molecule has 5 heteroatoms. The van der Waals surface area contributed by atoms with Crippen molar-refractivity contribution in [1.82, 2.24) is 9.97 Å². The summed E-state index contributed by atoms with van der Waals surface area (Å²) in [7, 11) is 0. The van der Waals surface area contributed by atoms with Crippen LogP contribution in [-0.4, -0.2) is 15.9 Å². The molecule has 0 bridgehead atoms. The predicted octanol–water partition coefficient (Wildman–Crippen LogP) is 2.80. The largest absolute Gasteiger partial charge is 0.321 e. The van der Waals surface area contributed by atoms with Gasteiger partial charge >= 0.3 is 0 Å². The minimum atomic E-state index is -0.193. The molecule has 1 N–H and O–H groups in total. The molecular formula is C12H10BrN3O. The number of halogens is 1. The minimum absolute atomic E-state index is 0.193. The second-order valence-corrected chi connectivity index (χ2v) is 4.32. The molecule has 2 rings (SSSR count). The van der Waals surface area contributed by atoms with E-state index in [9.17, 15) is 4.79 Å². The molecule has 0 atom stereocenters. The fourth-order valence-electron chi connectivity index (χ4n) is 1.26. The number of pyridine rings is 2. The molecule has 86 valence electrons. The molecule has 0 aromatic carbocycles. The van der Waals surface area contributed by atoms with Gasteiger partial charge in [0, 0.05) is 11.9 Å². The van der Waals surface area contributed by atoms with Crippen molar-refractivity contribution < 1.29 is 4.79 Å². The van der Waals surface area contributed by atoms with Crippen LogP contribution in [0.15, 0.2) is 41.3 Å². The molecule has 0 aliphatic rings. The van der Waals surface area contributed by atoms with Crippen LogP contribution >= 0.6 is 15.9 Å². The third-order valence-corrected chi connectivity index (χ3v) is 2.63. The lowest BCUT2D eigenvalue weighted by Gasteiger charge is -2.04. The van der Waals surface area contributed by atoms with Crippen molar-refractivity contribution in [2.24, 2.45) is 0 Å². The normalized spacial score (nSPS) is 10.0. The van der Waals surface area contributed by atoms with E-state index in [2.05, 4.69) is 31.2 Å². The van der Waals surface area contributed by atoms with Crippen LogP contribution in [0.1, 0.15) is 16.1 Å². The zero-order valence-corrected chi connectivity index (χ0v) is 10.7. The number of hydrogen-bond acceptors (Lipinski definition) is 3. The summed E-state index contributed by atoms with van der Waals surface area (Å²) in [5.41, 5.74) is 2.06. The van der Waals surface area contributed by atoms with Crippen LogP contribution in [0, 0.1) is 6.92 Å². The van der Waals surface area contributed by atoms with Crippen LogP contribution in [0.25, 0.3) is 0 Å². The molecule has 2 heterocycles. The number of carbonyl (C=O) groups is 1. The Hall–Kier alpha value is -1.75. The Labute approximate surface area is 107 Å². The highest BCUT2D eigenvalue weighted by atomic mass is 79.9. The van der Waals surface area contributed by atoms with Gasteiger partial charge in [-0.2, -0.15) is 0 Å². The Morgan fingerprint density at radius 2 is 2.00 bits per heavy atom. The van der Waals surface area contributed by atoms with Gasteiger partial charge in [-0.1, -0.05) is 0 Å². The first kappa shape index (κ1) is 11.7. The molecule has 0 spiro atoms. The maximum Gasteiger partial charge on any atom is 0.257 e. The van der Waals surface area contributed by atoms with Gasteiger partial charge in [0.1, 0.15) is 4.60 Å². The van der Waals surface area contributed by atoms with Gasteiger partial charge in [-0.15, -0.1) is 0 Å². The molecule has 2 aromatic heterocycles. The molecule has 0 aliphatic carbocycles. The van der Waals surface area contributed by atoms with Crippen molar-refractivity contribution in [3.05, 3.63) is 52.5 Å². The van der Waals surface area contributed by atoms with E-state index in [4.69, 9.17) is 0 Å². The topological polar surface area (TPSA) is 54.9 Å². The summed E-state index contributed by atoms with van der Waals surface area (Å²) in [6, 6.07) is 7.08. The van der Waals surface area contributed by atoms with Crippen LogP contribution in [0.3, 0.4) is 0 Å². The first-order valence-corrected chi connectivity index (χ1v) is 5.80. The fraction of sp³-hybridized carbons (Fsp3) is 0.0833. The lowest BCUT2D eigenvalue weighted by atomic mass is 10.2. The highest BCUT2D eigenvalue weighted by Crippen LogP contribution is 2.11. The molecule has 0 radical (unpaired) electrons. The van der Waals surface area contributed by atoms with Gasteiger partial charge in [0.25, 0.3) is 5.91 Å². The van der Waals surface area contributed by atoms with E-state index in [0.29, 0.717) is 11.3 Å². The maximum atomic E-state index is 11.8. The predicted molar refractivity (Wildman–Crippen MR) is 68.9 cm³/mol.